The van der Waals surface area contributed by atoms with Crippen LogP contribution in [0.1, 0.15) is 30.8 Å². The zero-order valence-corrected chi connectivity index (χ0v) is 9.23. The predicted molar refractivity (Wildman–Crippen MR) is 58.7 cm³/mol. The molecule has 2 N–H and O–H groups in total. The van der Waals surface area contributed by atoms with E-state index in [4.69, 9.17) is 5.11 Å². The molecule has 1 aromatic rings. The Bertz CT molecular complexity index is 318. The second-order valence-corrected chi connectivity index (χ2v) is 3.65. The van der Waals surface area contributed by atoms with Gasteiger partial charge < -0.3 is 15.0 Å². The maximum absolute atomic E-state index is 11.7. The molecular weight excluding hydrogens is 192 g/mol. The number of aliphatic hydroxyl groups excluding tert-OH is 1. The molecule has 0 spiro atoms. The summed E-state index contributed by atoms with van der Waals surface area (Å²) >= 11 is 0. The number of carbonyl (C=O) groups is 1. The number of rotatable bonds is 5. The summed E-state index contributed by atoms with van der Waals surface area (Å²) in [4.78, 5) is 11.7. The van der Waals surface area contributed by atoms with Gasteiger partial charge in [0.1, 0.15) is 5.69 Å². The summed E-state index contributed by atoms with van der Waals surface area (Å²) in [6, 6.07) is 3.64. The molecule has 4 heteroatoms. The molecule has 4 nitrogen and oxygen atoms in total. The van der Waals surface area contributed by atoms with Crippen LogP contribution in [0.15, 0.2) is 18.3 Å². The molecule has 0 unspecified atom stereocenters. The molecule has 1 aromatic heterocycles. The van der Waals surface area contributed by atoms with Crippen molar-refractivity contribution in [1.82, 2.24) is 9.88 Å². The smallest absolute Gasteiger partial charge is 0.267 e. The van der Waals surface area contributed by atoms with Gasteiger partial charge in [-0.05, 0) is 25.5 Å². The Labute approximate surface area is 89.9 Å². The Morgan fingerprint density at radius 1 is 1.67 bits per heavy atom. The minimum atomic E-state index is -0.511. The molecular formula is C11H18N2O2. The quantitative estimate of drug-likeness (QED) is 0.762. The van der Waals surface area contributed by atoms with Gasteiger partial charge >= 0.3 is 0 Å². The lowest BCUT2D eigenvalue weighted by Gasteiger charge is -2.09. The number of amides is 1. The van der Waals surface area contributed by atoms with Crippen LogP contribution in [0.4, 0.5) is 0 Å². The van der Waals surface area contributed by atoms with E-state index in [2.05, 4.69) is 12.2 Å². The highest BCUT2D eigenvalue weighted by Gasteiger charge is 2.10. The summed E-state index contributed by atoms with van der Waals surface area (Å²) in [7, 11) is 0. The van der Waals surface area contributed by atoms with Crippen LogP contribution in [0, 0.1) is 0 Å². The topological polar surface area (TPSA) is 54.3 Å². The van der Waals surface area contributed by atoms with Crippen molar-refractivity contribution >= 4 is 5.91 Å². The molecule has 1 atom stereocenters. The number of aryl methyl sites for hydroxylation is 1. The SMILES string of the molecule is CCCn1cccc1C(=O)NC[C@@H](C)O. The van der Waals surface area contributed by atoms with Gasteiger partial charge in [-0.1, -0.05) is 6.92 Å². The van der Waals surface area contributed by atoms with E-state index >= 15 is 0 Å². The van der Waals surface area contributed by atoms with E-state index in [0.29, 0.717) is 5.69 Å². The summed E-state index contributed by atoms with van der Waals surface area (Å²) in [6.45, 7) is 4.84. The molecule has 0 aliphatic rings. The average molecular weight is 210 g/mol. The van der Waals surface area contributed by atoms with Gasteiger partial charge in [0.25, 0.3) is 5.91 Å². The molecule has 1 heterocycles. The molecule has 0 saturated carbocycles. The number of hydrogen-bond donors (Lipinski definition) is 2. The lowest BCUT2D eigenvalue weighted by Crippen LogP contribution is -2.31. The molecule has 0 aliphatic heterocycles. The third-order valence-electron chi connectivity index (χ3n) is 2.08. The minimum absolute atomic E-state index is 0.130. The summed E-state index contributed by atoms with van der Waals surface area (Å²) in [6.07, 6.45) is 2.37. The lowest BCUT2D eigenvalue weighted by atomic mass is 10.3. The van der Waals surface area contributed by atoms with E-state index in [0.717, 1.165) is 13.0 Å². The standard InChI is InChI=1S/C11H18N2O2/c1-3-6-13-7-4-5-10(13)11(15)12-8-9(2)14/h4-5,7,9,14H,3,6,8H2,1-2H3,(H,12,15)/t9-/m1/s1. The maximum atomic E-state index is 11.7. The molecule has 0 aromatic carbocycles. The Kier molecular flexibility index (Phi) is 4.37. The lowest BCUT2D eigenvalue weighted by molar-refractivity contribution is 0.0914. The van der Waals surface area contributed by atoms with E-state index in [-0.39, 0.29) is 12.5 Å². The van der Waals surface area contributed by atoms with Crippen LogP contribution in [0.25, 0.3) is 0 Å². The first-order valence-corrected chi connectivity index (χ1v) is 5.26. The minimum Gasteiger partial charge on any atom is -0.392 e. The zero-order valence-electron chi connectivity index (χ0n) is 9.23. The van der Waals surface area contributed by atoms with Crippen molar-refractivity contribution in [2.24, 2.45) is 0 Å². The number of aromatic nitrogens is 1. The fourth-order valence-corrected chi connectivity index (χ4v) is 1.39. The fourth-order valence-electron chi connectivity index (χ4n) is 1.39. The summed E-state index contributed by atoms with van der Waals surface area (Å²) in [5.74, 6) is -0.130. The number of nitrogens with one attached hydrogen (secondary N) is 1. The molecule has 1 rings (SSSR count). The van der Waals surface area contributed by atoms with E-state index in [1.54, 1.807) is 13.0 Å². The third kappa shape index (κ3) is 3.40. The normalized spacial score (nSPS) is 12.5. The number of nitrogens with zero attached hydrogens (tertiary/aromatic N) is 1. The van der Waals surface area contributed by atoms with Crippen molar-refractivity contribution < 1.29 is 9.90 Å². The van der Waals surface area contributed by atoms with Crippen LogP contribution in [0.5, 0.6) is 0 Å². The van der Waals surface area contributed by atoms with Crippen molar-refractivity contribution in [3.8, 4) is 0 Å². The average Bonchev–Trinajstić information content (AvgIpc) is 2.63. The Hall–Kier alpha value is -1.29. The van der Waals surface area contributed by atoms with Crippen molar-refractivity contribution in [1.29, 1.82) is 0 Å². The van der Waals surface area contributed by atoms with E-state index < -0.39 is 6.10 Å². The van der Waals surface area contributed by atoms with E-state index in [1.165, 1.54) is 0 Å². The molecule has 84 valence electrons. The second-order valence-electron chi connectivity index (χ2n) is 3.65. The molecule has 0 bridgehead atoms. The highest BCUT2D eigenvalue weighted by molar-refractivity contribution is 5.92. The molecule has 15 heavy (non-hydrogen) atoms. The Balaban J connectivity index is 2.60. The van der Waals surface area contributed by atoms with Crippen LogP contribution < -0.4 is 5.32 Å². The highest BCUT2D eigenvalue weighted by atomic mass is 16.3. The van der Waals surface area contributed by atoms with Crippen molar-refractivity contribution in [2.45, 2.75) is 32.9 Å². The predicted octanol–water partition coefficient (Wildman–Crippen LogP) is 1.01. The van der Waals surface area contributed by atoms with Crippen LogP contribution in [0.2, 0.25) is 0 Å². The second kappa shape index (κ2) is 5.56. The van der Waals surface area contributed by atoms with Gasteiger partial charge in [0.05, 0.1) is 6.10 Å². The first kappa shape index (κ1) is 11.8. The van der Waals surface area contributed by atoms with Crippen molar-refractivity contribution in [3.05, 3.63) is 24.0 Å². The number of aliphatic hydroxyl groups is 1. The monoisotopic (exact) mass is 210 g/mol. The molecule has 1 amide bonds. The van der Waals surface area contributed by atoms with Gasteiger partial charge in [0.15, 0.2) is 0 Å². The summed E-state index contributed by atoms with van der Waals surface area (Å²) in [5.41, 5.74) is 0.650. The highest BCUT2D eigenvalue weighted by Crippen LogP contribution is 2.03. The van der Waals surface area contributed by atoms with Gasteiger partial charge in [0.2, 0.25) is 0 Å². The van der Waals surface area contributed by atoms with Crippen LogP contribution in [-0.2, 0) is 6.54 Å². The first-order chi connectivity index (χ1) is 7.15. The first-order valence-electron chi connectivity index (χ1n) is 5.26. The number of hydrogen-bond acceptors (Lipinski definition) is 2. The van der Waals surface area contributed by atoms with Crippen molar-refractivity contribution in [3.63, 3.8) is 0 Å². The molecule has 0 aliphatic carbocycles. The fraction of sp³-hybridized carbons (Fsp3) is 0.545. The third-order valence-corrected chi connectivity index (χ3v) is 2.08. The van der Waals surface area contributed by atoms with E-state index in [9.17, 15) is 4.79 Å². The van der Waals surface area contributed by atoms with Crippen LogP contribution >= 0.6 is 0 Å². The van der Waals surface area contributed by atoms with Gasteiger partial charge in [-0.3, -0.25) is 4.79 Å². The Morgan fingerprint density at radius 3 is 3.00 bits per heavy atom. The number of carbonyl (C=O) groups excluding carboxylic acids is 1. The molecule has 0 saturated heterocycles. The summed E-state index contributed by atoms with van der Waals surface area (Å²) in [5, 5.41) is 11.7. The van der Waals surface area contributed by atoms with Crippen LogP contribution in [0.3, 0.4) is 0 Å². The van der Waals surface area contributed by atoms with Gasteiger partial charge in [0, 0.05) is 19.3 Å². The van der Waals surface area contributed by atoms with Gasteiger partial charge in [-0.25, -0.2) is 0 Å². The van der Waals surface area contributed by atoms with Crippen LogP contribution in [-0.4, -0.2) is 28.2 Å². The largest absolute Gasteiger partial charge is 0.392 e. The zero-order chi connectivity index (χ0) is 11.3. The van der Waals surface area contributed by atoms with E-state index in [1.807, 2.05) is 16.8 Å². The Morgan fingerprint density at radius 2 is 2.40 bits per heavy atom. The van der Waals surface area contributed by atoms with Gasteiger partial charge in [-0.15, -0.1) is 0 Å². The molecule has 0 fully saturated rings. The van der Waals surface area contributed by atoms with Crippen molar-refractivity contribution in [2.75, 3.05) is 6.54 Å². The maximum Gasteiger partial charge on any atom is 0.267 e. The summed E-state index contributed by atoms with van der Waals surface area (Å²) < 4.78 is 1.91. The van der Waals surface area contributed by atoms with Gasteiger partial charge in [-0.2, -0.15) is 0 Å². The molecule has 0 radical (unpaired) electrons.